The minimum Gasteiger partial charge on any atom is -0.371 e. The fourth-order valence-corrected chi connectivity index (χ4v) is 3.63. The highest BCUT2D eigenvalue weighted by atomic mass is 16.5. The van der Waals surface area contributed by atoms with Gasteiger partial charge >= 0.3 is 0 Å². The molecule has 1 saturated carbocycles. The number of fused-ring (bicyclic) bond motifs is 2. The highest BCUT2D eigenvalue weighted by Crippen LogP contribution is 2.32. The molecule has 3 fully saturated rings. The van der Waals surface area contributed by atoms with Gasteiger partial charge in [-0.25, -0.2) is 0 Å². The van der Waals surface area contributed by atoms with Gasteiger partial charge in [0.25, 0.3) is 0 Å². The van der Waals surface area contributed by atoms with Crippen LogP contribution in [0.15, 0.2) is 0 Å². The number of carbonyl (C=O) groups excluding carboxylic acids is 1. The number of hydrogen-bond acceptors (Lipinski definition) is 3. The molecule has 0 aromatic heterocycles. The van der Waals surface area contributed by atoms with Crippen LogP contribution in [0.4, 0.5) is 0 Å². The molecule has 1 aliphatic carbocycles. The molecule has 0 spiro atoms. The maximum Gasteiger partial charge on any atom is 0.225 e. The van der Waals surface area contributed by atoms with Crippen LogP contribution in [0.5, 0.6) is 0 Å². The molecule has 2 N–H and O–H groups in total. The van der Waals surface area contributed by atoms with Gasteiger partial charge in [-0.05, 0) is 38.0 Å². The lowest BCUT2D eigenvalue weighted by molar-refractivity contribution is -0.145. The second kappa shape index (κ2) is 4.82. The van der Waals surface area contributed by atoms with E-state index in [2.05, 4.69) is 6.92 Å². The lowest BCUT2D eigenvalue weighted by Crippen LogP contribution is -2.50. The van der Waals surface area contributed by atoms with E-state index < -0.39 is 0 Å². The van der Waals surface area contributed by atoms with Crippen molar-refractivity contribution in [2.45, 2.75) is 57.3 Å². The topological polar surface area (TPSA) is 55.6 Å². The van der Waals surface area contributed by atoms with Gasteiger partial charge < -0.3 is 15.4 Å². The van der Waals surface area contributed by atoms with Crippen molar-refractivity contribution in [1.29, 1.82) is 0 Å². The van der Waals surface area contributed by atoms with E-state index >= 15 is 0 Å². The molecule has 102 valence electrons. The second-order valence-corrected chi connectivity index (χ2v) is 6.35. The lowest BCUT2D eigenvalue weighted by Gasteiger charge is -2.37. The van der Waals surface area contributed by atoms with Gasteiger partial charge in [-0.3, -0.25) is 4.79 Å². The number of hydrogen-bond donors (Lipinski definition) is 1. The van der Waals surface area contributed by atoms with E-state index in [1.54, 1.807) is 0 Å². The molecule has 5 unspecified atom stereocenters. The smallest absolute Gasteiger partial charge is 0.225 e. The molecule has 2 saturated heterocycles. The van der Waals surface area contributed by atoms with Crippen LogP contribution in [0.3, 0.4) is 0 Å². The monoisotopic (exact) mass is 252 g/mol. The molecule has 4 heteroatoms. The number of nitrogens with zero attached hydrogens (tertiary/aromatic N) is 1. The maximum absolute atomic E-state index is 12.5. The van der Waals surface area contributed by atoms with Gasteiger partial charge in [-0.2, -0.15) is 0 Å². The van der Waals surface area contributed by atoms with Crippen LogP contribution in [0.1, 0.15) is 39.0 Å². The number of rotatable bonds is 1. The molecule has 3 aliphatic rings. The number of nitrogens with two attached hydrogens (primary N) is 1. The zero-order chi connectivity index (χ0) is 12.7. The summed E-state index contributed by atoms with van der Waals surface area (Å²) in [6.07, 6.45) is 5.81. The summed E-state index contributed by atoms with van der Waals surface area (Å²) in [5.41, 5.74) is 6.11. The molecular formula is C14H24N2O2. The first-order valence-corrected chi connectivity index (χ1v) is 7.33. The third kappa shape index (κ3) is 2.28. The van der Waals surface area contributed by atoms with Crippen molar-refractivity contribution in [3.8, 4) is 0 Å². The lowest BCUT2D eigenvalue weighted by atomic mass is 9.79. The van der Waals surface area contributed by atoms with E-state index in [9.17, 15) is 4.79 Å². The Bertz CT molecular complexity index is 322. The molecule has 0 radical (unpaired) electrons. The summed E-state index contributed by atoms with van der Waals surface area (Å²) in [5, 5.41) is 0. The van der Waals surface area contributed by atoms with Gasteiger partial charge in [0, 0.05) is 25.0 Å². The van der Waals surface area contributed by atoms with Crippen LogP contribution in [0.2, 0.25) is 0 Å². The molecule has 1 amide bonds. The third-order valence-corrected chi connectivity index (χ3v) is 4.96. The fourth-order valence-electron chi connectivity index (χ4n) is 3.63. The van der Waals surface area contributed by atoms with Gasteiger partial charge in [0.05, 0.1) is 12.2 Å². The number of morpholine rings is 1. The molecule has 2 aliphatic heterocycles. The Hall–Kier alpha value is -0.610. The largest absolute Gasteiger partial charge is 0.371 e. The predicted octanol–water partition coefficient (Wildman–Crippen LogP) is 1.14. The summed E-state index contributed by atoms with van der Waals surface area (Å²) >= 11 is 0. The zero-order valence-corrected chi connectivity index (χ0v) is 11.2. The van der Waals surface area contributed by atoms with Gasteiger partial charge in [0.1, 0.15) is 0 Å². The summed E-state index contributed by atoms with van der Waals surface area (Å²) in [6, 6.07) is 0.200. The number of likely N-dealkylation sites (tertiary alicyclic amines) is 1. The Balaban J connectivity index is 1.61. The molecule has 18 heavy (non-hydrogen) atoms. The van der Waals surface area contributed by atoms with Crippen LogP contribution < -0.4 is 5.73 Å². The summed E-state index contributed by atoms with van der Waals surface area (Å²) < 4.78 is 5.78. The van der Waals surface area contributed by atoms with Crippen molar-refractivity contribution < 1.29 is 9.53 Å². The van der Waals surface area contributed by atoms with E-state index in [0.717, 1.165) is 45.2 Å². The van der Waals surface area contributed by atoms with E-state index in [4.69, 9.17) is 10.5 Å². The van der Waals surface area contributed by atoms with Crippen molar-refractivity contribution in [1.82, 2.24) is 4.90 Å². The van der Waals surface area contributed by atoms with E-state index in [-0.39, 0.29) is 12.0 Å². The predicted molar refractivity (Wildman–Crippen MR) is 69.0 cm³/mol. The van der Waals surface area contributed by atoms with Gasteiger partial charge in [-0.15, -0.1) is 0 Å². The first-order valence-electron chi connectivity index (χ1n) is 7.33. The van der Waals surface area contributed by atoms with Crippen molar-refractivity contribution in [3.63, 3.8) is 0 Å². The molecule has 2 bridgehead atoms. The van der Waals surface area contributed by atoms with E-state index in [1.165, 1.54) is 0 Å². The third-order valence-electron chi connectivity index (χ3n) is 4.96. The van der Waals surface area contributed by atoms with Crippen LogP contribution in [0, 0.1) is 11.8 Å². The Kier molecular flexibility index (Phi) is 3.32. The zero-order valence-electron chi connectivity index (χ0n) is 11.2. The Morgan fingerprint density at radius 2 is 1.83 bits per heavy atom. The van der Waals surface area contributed by atoms with E-state index in [0.29, 0.717) is 24.0 Å². The van der Waals surface area contributed by atoms with Gasteiger partial charge in [-0.1, -0.05) is 6.92 Å². The molecular weight excluding hydrogens is 228 g/mol. The van der Waals surface area contributed by atoms with Gasteiger partial charge in [0.15, 0.2) is 0 Å². The summed E-state index contributed by atoms with van der Waals surface area (Å²) in [7, 11) is 0. The first kappa shape index (κ1) is 12.4. The minimum atomic E-state index is 0.161. The van der Waals surface area contributed by atoms with Crippen molar-refractivity contribution in [2.75, 3.05) is 13.1 Å². The van der Waals surface area contributed by atoms with Gasteiger partial charge in [0.2, 0.25) is 5.91 Å². The minimum absolute atomic E-state index is 0.161. The number of amides is 1. The summed E-state index contributed by atoms with van der Waals surface area (Å²) in [5.74, 6) is 1.06. The fraction of sp³-hybridized carbons (Fsp3) is 0.929. The number of ether oxygens (including phenoxy) is 1. The van der Waals surface area contributed by atoms with Crippen LogP contribution in [0.25, 0.3) is 0 Å². The molecule has 0 aromatic carbocycles. The Labute approximate surface area is 109 Å². The van der Waals surface area contributed by atoms with Crippen molar-refractivity contribution in [3.05, 3.63) is 0 Å². The van der Waals surface area contributed by atoms with Crippen LogP contribution in [-0.2, 0) is 9.53 Å². The van der Waals surface area contributed by atoms with E-state index in [1.807, 2.05) is 4.90 Å². The highest BCUT2D eigenvalue weighted by molar-refractivity contribution is 5.79. The average molecular weight is 252 g/mol. The normalized spacial score (nSPS) is 44.1. The number of carbonyl (C=O) groups is 1. The van der Waals surface area contributed by atoms with Crippen LogP contribution in [-0.4, -0.2) is 42.1 Å². The standard InChI is InChI=1S/C14H24N2O2/c1-9-2-3-10(6-13(9)15)14(17)16-7-11-4-5-12(8-16)18-11/h9-13H,2-8,15H2,1H3. The average Bonchev–Trinajstić information content (AvgIpc) is 2.71. The molecule has 5 atom stereocenters. The second-order valence-electron chi connectivity index (χ2n) is 6.35. The summed E-state index contributed by atoms with van der Waals surface area (Å²) in [4.78, 5) is 14.6. The maximum atomic E-state index is 12.5. The van der Waals surface area contributed by atoms with Crippen molar-refractivity contribution in [2.24, 2.45) is 17.6 Å². The quantitative estimate of drug-likeness (QED) is 0.761. The molecule has 0 aromatic rings. The highest BCUT2D eigenvalue weighted by Gasteiger charge is 2.39. The Morgan fingerprint density at radius 3 is 2.44 bits per heavy atom. The summed E-state index contributed by atoms with van der Waals surface area (Å²) in [6.45, 7) is 3.80. The molecule has 4 nitrogen and oxygen atoms in total. The van der Waals surface area contributed by atoms with Crippen molar-refractivity contribution >= 4 is 5.91 Å². The Morgan fingerprint density at radius 1 is 1.17 bits per heavy atom. The SMILES string of the molecule is CC1CCC(C(=O)N2CC3CCC(C2)O3)CC1N. The first-order chi connectivity index (χ1) is 8.63. The van der Waals surface area contributed by atoms with Crippen LogP contribution >= 0.6 is 0 Å². The molecule has 3 rings (SSSR count). The molecule has 2 heterocycles.